The Morgan fingerprint density at radius 1 is 1.15 bits per heavy atom. The number of hydrogen-bond acceptors (Lipinski definition) is 6. The number of nitrogen functional groups attached to an aromatic ring is 1. The van der Waals surface area contributed by atoms with Gasteiger partial charge in [0.25, 0.3) is 0 Å². The molecule has 0 aromatic carbocycles. The van der Waals surface area contributed by atoms with E-state index >= 15 is 0 Å². The molecule has 27 heavy (non-hydrogen) atoms. The first-order chi connectivity index (χ1) is 13.2. The van der Waals surface area contributed by atoms with Gasteiger partial charge in [-0.15, -0.1) is 0 Å². The van der Waals surface area contributed by atoms with E-state index in [1.54, 1.807) is 16.9 Å². The lowest BCUT2D eigenvalue weighted by atomic mass is 9.95. The second-order valence-electron chi connectivity index (χ2n) is 7.01. The molecule has 0 spiro atoms. The van der Waals surface area contributed by atoms with Crippen molar-refractivity contribution in [1.29, 1.82) is 0 Å². The molecule has 2 N–H and O–H groups in total. The predicted molar refractivity (Wildman–Crippen MR) is 100 cm³/mol. The van der Waals surface area contributed by atoms with Gasteiger partial charge in [0.05, 0.1) is 12.9 Å². The van der Waals surface area contributed by atoms with Crippen LogP contribution in [0, 0.1) is 0 Å². The second kappa shape index (κ2) is 6.19. The first kappa shape index (κ1) is 16.0. The average Bonchev–Trinajstić information content (AvgIpc) is 3.31. The fourth-order valence-corrected chi connectivity index (χ4v) is 4.02. The molecule has 1 saturated carbocycles. The van der Waals surface area contributed by atoms with Crippen molar-refractivity contribution in [2.75, 3.05) is 5.73 Å². The van der Waals surface area contributed by atoms with Crippen molar-refractivity contribution in [2.24, 2.45) is 0 Å². The number of aromatic nitrogens is 7. The average molecular weight is 364 g/mol. The summed E-state index contributed by atoms with van der Waals surface area (Å²) in [7, 11) is 0. The highest BCUT2D eigenvalue weighted by atomic mass is 16.1. The molecule has 4 aromatic heterocycles. The Hall–Kier alpha value is -3.23. The highest BCUT2D eigenvalue weighted by Crippen LogP contribution is 2.28. The normalized spacial score (nSPS) is 15.7. The first-order valence-electron chi connectivity index (χ1n) is 9.22. The Kier molecular flexibility index (Phi) is 3.66. The Morgan fingerprint density at radius 2 is 2.00 bits per heavy atom. The molecule has 4 heterocycles. The summed E-state index contributed by atoms with van der Waals surface area (Å²) in [6.07, 6.45) is 10.4. The van der Waals surface area contributed by atoms with Gasteiger partial charge in [0, 0.05) is 12.2 Å². The maximum absolute atomic E-state index is 13.2. The molecule has 0 bridgehead atoms. The van der Waals surface area contributed by atoms with Gasteiger partial charge < -0.3 is 10.3 Å². The van der Waals surface area contributed by atoms with Crippen LogP contribution in [0.15, 0.2) is 35.8 Å². The van der Waals surface area contributed by atoms with E-state index in [0.29, 0.717) is 29.2 Å². The molecule has 9 heteroatoms. The van der Waals surface area contributed by atoms with E-state index in [9.17, 15) is 4.79 Å². The van der Waals surface area contributed by atoms with Crippen LogP contribution in [0.1, 0.15) is 44.0 Å². The highest BCUT2D eigenvalue weighted by Gasteiger charge is 2.22. The third kappa shape index (κ3) is 2.57. The van der Waals surface area contributed by atoms with Crippen molar-refractivity contribution >= 4 is 22.6 Å². The summed E-state index contributed by atoms with van der Waals surface area (Å²) in [5.41, 5.74) is 7.71. The maximum atomic E-state index is 13.2. The van der Waals surface area contributed by atoms with Crippen molar-refractivity contribution < 1.29 is 0 Å². The number of rotatable bonds is 3. The molecule has 1 aliphatic rings. The van der Waals surface area contributed by atoms with Crippen molar-refractivity contribution in [3.05, 3.63) is 47.3 Å². The number of fused-ring (bicyclic) bond motifs is 2. The van der Waals surface area contributed by atoms with Gasteiger partial charge in [-0.2, -0.15) is 0 Å². The largest absolute Gasteiger partial charge is 0.382 e. The van der Waals surface area contributed by atoms with Crippen molar-refractivity contribution in [2.45, 2.75) is 44.7 Å². The number of nitrogens with zero attached hydrogens (tertiary/aromatic N) is 7. The number of hydrogen-bond donors (Lipinski definition) is 1. The molecular weight excluding hydrogens is 344 g/mol. The molecular formula is C18H20N8O. The zero-order valence-electron chi connectivity index (χ0n) is 14.8. The molecule has 1 aliphatic carbocycles. The van der Waals surface area contributed by atoms with Crippen LogP contribution in [0.2, 0.25) is 0 Å². The van der Waals surface area contributed by atoms with Gasteiger partial charge in [0.2, 0.25) is 0 Å². The molecule has 0 saturated heterocycles. The van der Waals surface area contributed by atoms with Crippen LogP contribution in [0.3, 0.4) is 0 Å². The Labute approximate surface area is 154 Å². The van der Waals surface area contributed by atoms with Crippen LogP contribution < -0.4 is 11.4 Å². The van der Waals surface area contributed by atoms with Crippen LogP contribution >= 0.6 is 0 Å². The summed E-state index contributed by atoms with van der Waals surface area (Å²) >= 11 is 0. The van der Waals surface area contributed by atoms with Gasteiger partial charge in [-0.1, -0.05) is 19.3 Å². The van der Waals surface area contributed by atoms with Crippen LogP contribution in [-0.2, 0) is 6.54 Å². The minimum atomic E-state index is -0.0366. The Balaban J connectivity index is 1.67. The fourth-order valence-electron chi connectivity index (χ4n) is 4.02. The Bertz CT molecular complexity index is 1180. The fraction of sp³-hybridized carbons (Fsp3) is 0.389. The molecule has 0 unspecified atom stereocenters. The van der Waals surface area contributed by atoms with Gasteiger partial charge >= 0.3 is 5.69 Å². The third-order valence-electron chi connectivity index (χ3n) is 5.34. The summed E-state index contributed by atoms with van der Waals surface area (Å²) < 4.78 is 5.35. The van der Waals surface area contributed by atoms with Gasteiger partial charge in [-0.3, -0.25) is 8.97 Å². The number of imidazole rings is 1. The first-order valence-corrected chi connectivity index (χ1v) is 9.22. The maximum Gasteiger partial charge on any atom is 0.335 e. The van der Waals surface area contributed by atoms with Gasteiger partial charge in [-0.05, 0) is 25.0 Å². The molecule has 0 aliphatic heterocycles. The van der Waals surface area contributed by atoms with E-state index in [-0.39, 0.29) is 11.7 Å². The van der Waals surface area contributed by atoms with Crippen molar-refractivity contribution in [3.8, 4) is 0 Å². The smallest absolute Gasteiger partial charge is 0.335 e. The van der Waals surface area contributed by atoms with E-state index in [0.717, 1.165) is 31.5 Å². The van der Waals surface area contributed by atoms with E-state index in [4.69, 9.17) is 10.7 Å². The second-order valence-corrected chi connectivity index (χ2v) is 7.01. The number of anilines is 1. The monoisotopic (exact) mass is 364 g/mol. The SMILES string of the molecule is Nc1ncnc2c1ncn2Cc1nc2cccn2c(=O)n1C1CCCCC1. The van der Waals surface area contributed by atoms with Crippen molar-refractivity contribution in [1.82, 2.24) is 33.5 Å². The van der Waals surface area contributed by atoms with E-state index < -0.39 is 0 Å². The standard InChI is InChI=1S/C18H20N8O/c19-16-15-17(21-10-20-16)24(11-22-15)9-14-23-13-7-4-8-25(13)18(27)26(14)12-5-2-1-3-6-12/h4,7-8,10-12H,1-3,5-6,9H2,(H2,19,20,21). The molecule has 0 amide bonds. The predicted octanol–water partition coefficient (Wildman–Crippen LogP) is 1.77. The third-order valence-corrected chi connectivity index (χ3v) is 5.34. The lowest BCUT2D eigenvalue weighted by Gasteiger charge is -2.26. The van der Waals surface area contributed by atoms with E-state index in [1.165, 1.54) is 12.7 Å². The number of nitrogens with two attached hydrogens (primary N) is 1. The molecule has 9 nitrogen and oxygen atoms in total. The summed E-state index contributed by atoms with van der Waals surface area (Å²) in [5, 5.41) is 0. The van der Waals surface area contributed by atoms with Crippen LogP contribution in [0.5, 0.6) is 0 Å². The Morgan fingerprint density at radius 3 is 2.85 bits per heavy atom. The minimum Gasteiger partial charge on any atom is -0.382 e. The van der Waals surface area contributed by atoms with Gasteiger partial charge in [0.15, 0.2) is 11.5 Å². The lowest BCUT2D eigenvalue weighted by molar-refractivity contribution is 0.328. The summed E-state index contributed by atoms with van der Waals surface area (Å²) in [5.74, 6) is 1.06. The molecule has 0 radical (unpaired) electrons. The highest BCUT2D eigenvalue weighted by molar-refractivity contribution is 5.81. The minimum absolute atomic E-state index is 0.0366. The summed E-state index contributed by atoms with van der Waals surface area (Å²) in [4.78, 5) is 30.6. The van der Waals surface area contributed by atoms with Crippen LogP contribution in [-0.4, -0.2) is 33.5 Å². The molecule has 1 fully saturated rings. The van der Waals surface area contributed by atoms with E-state index in [2.05, 4.69) is 15.0 Å². The lowest BCUT2D eigenvalue weighted by Crippen LogP contribution is -2.35. The zero-order valence-corrected chi connectivity index (χ0v) is 14.8. The van der Waals surface area contributed by atoms with Gasteiger partial charge in [-0.25, -0.2) is 24.7 Å². The van der Waals surface area contributed by atoms with Crippen LogP contribution in [0.4, 0.5) is 5.82 Å². The zero-order chi connectivity index (χ0) is 18.4. The summed E-state index contributed by atoms with van der Waals surface area (Å²) in [6, 6.07) is 3.87. The quantitative estimate of drug-likeness (QED) is 0.593. The van der Waals surface area contributed by atoms with Crippen LogP contribution in [0.25, 0.3) is 16.8 Å². The van der Waals surface area contributed by atoms with E-state index in [1.807, 2.05) is 21.3 Å². The van der Waals surface area contributed by atoms with Gasteiger partial charge in [0.1, 0.15) is 23.3 Å². The molecule has 5 rings (SSSR count). The molecule has 4 aromatic rings. The molecule has 138 valence electrons. The summed E-state index contributed by atoms with van der Waals surface area (Å²) in [6.45, 7) is 0.403. The van der Waals surface area contributed by atoms with Crippen molar-refractivity contribution in [3.63, 3.8) is 0 Å². The topological polar surface area (TPSA) is 109 Å². The molecule has 0 atom stereocenters.